The molecular weight excluding hydrogens is 312 g/mol. The van der Waals surface area contributed by atoms with Gasteiger partial charge in [-0.3, -0.25) is 0 Å². The molecule has 0 bridgehead atoms. The molecule has 0 spiro atoms. The third kappa shape index (κ3) is 3.48. The number of nitrogens with one attached hydrogen (secondary N) is 2. The molecule has 2 atom stereocenters. The van der Waals surface area contributed by atoms with Crippen LogP contribution < -0.4 is 10.6 Å². The highest BCUT2D eigenvalue weighted by Gasteiger charge is 2.28. The smallest absolute Gasteiger partial charge is 0.407 e. The molecule has 2 aliphatic rings. The van der Waals surface area contributed by atoms with Crippen molar-refractivity contribution in [3.05, 3.63) is 64.7 Å². The van der Waals surface area contributed by atoms with E-state index in [2.05, 4.69) is 29.7 Å². The first-order chi connectivity index (χ1) is 12.2. The molecule has 1 aliphatic carbocycles. The maximum atomic E-state index is 12.3. The molecule has 1 amide bonds. The molecule has 0 radical (unpaired) electrons. The van der Waals surface area contributed by atoms with Gasteiger partial charge in [0.05, 0.1) is 6.04 Å². The summed E-state index contributed by atoms with van der Waals surface area (Å²) in [5.41, 5.74) is 6.23. The summed E-state index contributed by atoms with van der Waals surface area (Å²) in [6, 6.07) is 14.6. The van der Waals surface area contributed by atoms with E-state index in [1.165, 1.54) is 23.1 Å². The second kappa shape index (κ2) is 6.79. The first kappa shape index (κ1) is 16.0. The summed E-state index contributed by atoms with van der Waals surface area (Å²) in [5.74, 6) is 0. The second-order valence-corrected chi connectivity index (χ2v) is 7.10. The zero-order valence-corrected chi connectivity index (χ0v) is 14.5. The molecule has 2 unspecified atom stereocenters. The molecule has 4 rings (SSSR count). The van der Waals surface area contributed by atoms with Gasteiger partial charge in [0.25, 0.3) is 0 Å². The number of aryl methyl sites for hydroxylation is 2. The molecule has 1 aliphatic heterocycles. The van der Waals surface area contributed by atoms with Crippen LogP contribution in [0.25, 0.3) is 0 Å². The van der Waals surface area contributed by atoms with E-state index in [4.69, 9.17) is 4.74 Å². The zero-order valence-electron chi connectivity index (χ0n) is 14.5. The highest BCUT2D eigenvalue weighted by molar-refractivity contribution is 5.70. The van der Waals surface area contributed by atoms with Crippen molar-refractivity contribution in [2.45, 2.75) is 51.3 Å². The van der Waals surface area contributed by atoms with Crippen LogP contribution in [0.4, 0.5) is 10.5 Å². The Balaban J connectivity index is 1.46. The molecular formula is C21H24N2O2. The Hall–Kier alpha value is -2.49. The molecule has 2 aromatic rings. The molecule has 0 aromatic heterocycles. The van der Waals surface area contributed by atoms with Gasteiger partial charge in [0.15, 0.2) is 0 Å². The van der Waals surface area contributed by atoms with E-state index >= 15 is 0 Å². The van der Waals surface area contributed by atoms with Gasteiger partial charge in [0.2, 0.25) is 0 Å². The SMILES string of the molecule is CC1CC(NC(=O)OCc2ccccc2)c2cc3c(cc2N1)CCC3. The minimum Gasteiger partial charge on any atom is -0.445 e. The predicted molar refractivity (Wildman–Crippen MR) is 98.7 cm³/mol. The van der Waals surface area contributed by atoms with Crippen molar-refractivity contribution in [2.24, 2.45) is 0 Å². The van der Waals surface area contributed by atoms with E-state index in [0.29, 0.717) is 12.6 Å². The monoisotopic (exact) mass is 336 g/mol. The largest absolute Gasteiger partial charge is 0.445 e. The summed E-state index contributed by atoms with van der Waals surface area (Å²) < 4.78 is 5.40. The lowest BCUT2D eigenvalue weighted by molar-refractivity contribution is 0.134. The predicted octanol–water partition coefficient (Wildman–Crippen LogP) is 4.35. The van der Waals surface area contributed by atoms with Crippen molar-refractivity contribution in [2.75, 3.05) is 5.32 Å². The van der Waals surface area contributed by atoms with Gasteiger partial charge in [-0.1, -0.05) is 36.4 Å². The summed E-state index contributed by atoms with van der Waals surface area (Å²) >= 11 is 0. The van der Waals surface area contributed by atoms with Crippen LogP contribution in [0.5, 0.6) is 0 Å². The Morgan fingerprint density at radius 1 is 1.20 bits per heavy atom. The standard InChI is InChI=1S/C21H24N2O2/c1-14-10-19(23-21(24)25-13-15-6-3-2-4-7-15)18-11-16-8-5-9-17(16)12-20(18)22-14/h2-4,6-7,11-12,14,19,22H,5,8-10,13H2,1H3,(H,23,24). The number of hydrogen-bond acceptors (Lipinski definition) is 3. The second-order valence-electron chi connectivity index (χ2n) is 7.10. The Kier molecular flexibility index (Phi) is 4.35. The Labute approximate surface area is 148 Å². The van der Waals surface area contributed by atoms with Gasteiger partial charge >= 0.3 is 6.09 Å². The molecule has 2 aromatic carbocycles. The lowest BCUT2D eigenvalue weighted by Gasteiger charge is -2.32. The number of rotatable bonds is 3. The summed E-state index contributed by atoms with van der Waals surface area (Å²) in [5, 5.41) is 6.62. The van der Waals surface area contributed by atoms with E-state index in [1.54, 1.807) is 0 Å². The first-order valence-corrected chi connectivity index (χ1v) is 9.08. The normalized spacial score (nSPS) is 21.0. The lowest BCUT2D eigenvalue weighted by atomic mass is 9.91. The topological polar surface area (TPSA) is 50.4 Å². The van der Waals surface area contributed by atoms with Crippen LogP contribution in [-0.4, -0.2) is 12.1 Å². The summed E-state index contributed by atoms with van der Waals surface area (Å²) in [6.07, 6.45) is 4.05. The van der Waals surface area contributed by atoms with E-state index in [0.717, 1.165) is 30.5 Å². The number of carbonyl (C=O) groups is 1. The van der Waals surface area contributed by atoms with Crippen LogP contribution in [0.3, 0.4) is 0 Å². The zero-order chi connectivity index (χ0) is 17.2. The summed E-state index contributed by atoms with van der Waals surface area (Å²) in [4.78, 5) is 12.3. The number of benzene rings is 2. The first-order valence-electron chi connectivity index (χ1n) is 9.08. The molecule has 0 saturated carbocycles. The van der Waals surface area contributed by atoms with Crippen molar-refractivity contribution >= 4 is 11.8 Å². The third-order valence-corrected chi connectivity index (χ3v) is 5.14. The van der Waals surface area contributed by atoms with Crippen molar-refractivity contribution in [3.8, 4) is 0 Å². The van der Waals surface area contributed by atoms with Crippen LogP contribution in [0.2, 0.25) is 0 Å². The van der Waals surface area contributed by atoms with E-state index < -0.39 is 0 Å². The minimum atomic E-state index is -0.352. The minimum absolute atomic E-state index is 0.000392. The van der Waals surface area contributed by atoms with Crippen molar-refractivity contribution in [3.63, 3.8) is 0 Å². The highest BCUT2D eigenvalue weighted by atomic mass is 16.5. The van der Waals surface area contributed by atoms with Crippen LogP contribution in [0.15, 0.2) is 42.5 Å². The van der Waals surface area contributed by atoms with E-state index in [-0.39, 0.29) is 12.1 Å². The van der Waals surface area contributed by atoms with Crippen LogP contribution >= 0.6 is 0 Å². The number of ether oxygens (including phenoxy) is 1. The van der Waals surface area contributed by atoms with Gasteiger partial charge in [-0.2, -0.15) is 0 Å². The molecule has 1 heterocycles. The van der Waals surface area contributed by atoms with Crippen molar-refractivity contribution in [1.29, 1.82) is 0 Å². The van der Waals surface area contributed by atoms with Gasteiger partial charge in [-0.25, -0.2) is 4.79 Å². The highest BCUT2D eigenvalue weighted by Crippen LogP contribution is 2.37. The third-order valence-electron chi connectivity index (χ3n) is 5.14. The fraction of sp³-hybridized carbons (Fsp3) is 0.381. The fourth-order valence-corrected chi connectivity index (χ4v) is 3.91. The molecule has 130 valence electrons. The number of anilines is 1. The van der Waals surface area contributed by atoms with Crippen molar-refractivity contribution in [1.82, 2.24) is 5.32 Å². The molecule has 25 heavy (non-hydrogen) atoms. The molecule has 2 N–H and O–H groups in total. The van der Waals surface area contributed by atoms with E-state index in [9.17, 15) is 4.79 Å². The van der Waals surface area contributed by atoms with Gasteiger partial charge in [0.1, 0.15) is 6.61 Å². The summed E-state index contributed by atoms with van der Waals surface area (Å²) in [7, 11) is 0. The Morgan fingerprint density at radius 2 is 1.96 bits per heavy atom. The van der Waals surface area contributed by atoms with Crippen LogP contribution in [-0.2, 0) is 24.2 Å². The van der Waals surface area contributed by atoms with Gasteiger partial charge in [-0.15, -0.1) is 0 Å². The van der Waals surface area contributed by atoms with E-state index in [1.807, 2.05) is 30.3 Å². The number of amides is 1. The molecule has 4 heteroatoms. The van der Waals surface area contributed by atoms with Gasteiger partial charge < -0.3 is 15.4 Å². The summed E-state index contributed by atoms with van der Waals surface area (Å²) in [6.45, 7) is 2.45. The van der Waals surface area contributed by atoms with Gasteiger partial charge in [-0.05, 0) is 60.9 Å². The molecule has 0 fully saturated rings. The fourth-order valence-electron chi connectivity index (χ4n) is 3.91. The number of hydrogen-bond donors (Lipinski definition) is 2. The lowest BCUT2D eigenvalue weighted by Crippen LogP contribution is -2.36. The number of alkyl carbamates (subject to hydrolysis) is 1. The average Bonchev–Trinajstić information content (AvgIpc) is 3.06. The Morgan fingerprint density at radius 3 is 2.76 bits per heavy atom. The maximum Gasteiger partial charge on any atom is 0.407 e. The number of carbonyl (C=O) groups excluding carboxylic acids is 1. The number of fused-ring (bicyclic) bond motifs is 2. The maximum absolute atomic E-state index is 12.3. The quantitative estimate of drug-likeness (QED) is 0.876. The van der Waals surface area contributed by atoms with Crippen molar-refractivity contribution < 1.29 is 9.53 Å². The average molecular weight is 336 g/mol. The van der Waals surface area contributed by atoms with Gasteiger partial charge in [0, 0.05) is 11.7 Å². The molecule has 4 nitrogen and oxygen atoms in total. The van der Waals surface area contributed by atoms with Crippen LogP contribution in [0, 0.1) is 0 Å². The van der Waals surface area contributed by atoms with Crippen LogP contribution in [0.1, 0.15) is 48.1 Å². The molecule has 0 saturated heterocycles. The Bertz CT molecular complexity index is 773.